The quantitative estimate of drug-likeness (QED) is 0.786. The average Bonchev–Trinajstić information content (AvgIpc) is 3.07. The summed E-state index contributed by atoms with van der Waals surface area (Å²) in [4.78, 5) is 36.0. The van der Waals surface area contributed by atoms with Crippen molar-refractivity contribution < 1.29 is 14.3 Å². The van der Waals surface area contributed by atoms with Crippen molar-refractivity contribution in [3.05, 3.63) is 36.2 Å². The van der Waals surface area contributed by atoms with Crippen LogP contribution in [0.5, 0.6) is 0 Å². The lowest BCUT2D eigenvalue weighted by molar-refractivity contribution is -0.156. The molecule has 0 spiro atoms. The van der Waals surface area contributed by atoms with Crippen LogP contribution in [0.25, 0.3) is 11.0 Å². The van der Waals surface area contributed by atoms with Gasteiger partial charge in [-0.05, 0) is 30.9 Å². The number of nitrogens with zero attached hydrogens (tertiary/aromatic N) is 3. The Balaban J connectivity index is 1.63. The second kappa shape index (κ2) is 6.10. The van der Waals surface area contributed by atoms with Gasteiger partial charge in [-0.1, -0.05) is 25.0 Å². The number of fused-ring (bicyclic) bond motifs is 2. The van der Waals surface area contributed by atoms with Crippen molar-refractivity contribution in [1.82, 2.24) is 14.9 Å². The van der Waals surface area contributed by atoms with Crippen molar-refractivity contribution in [1.29, 1.82) is 0 Å². The fourth-order valence-corrected chi connectivity index (χ4v) is 4.37. The topological polar surface area (TPSA) is 72.4 Å². The first-order valence-electron chi connectivity index (χ1n) is 8.73. The second-order valence-corrected chi connectivity index (χ2v) is 7.02. The van der Waals surface area contributed by atoms with Gasteiger partial charge in [-0.25, -0.2) is 4.98 Å². The number of amides is 1. The van der Waals surface area contributed by atoms with Gasteiger partial charge in [-0.2, -0.15) is 0 Å². The molecule has 1 saturated heterocycles. The normalized spacial score (nSPS) is 25.6. The summed E-state index contributed by atoms with van der Waals surface area (Å²) < 4.78 is 5.08. The Labute approximate surface area is 146 Å². The van der Waals surface area contributed by atoms with E-state index in [4.69, 9.17) is 4.74 Å². The third-order valence-corrected chi connectivity index (χ3v) is 5.67. The van der Waals surface area contributed by atoms with Gasteiger partial charge in [0, 0.05) is 13.1 Å². The summed E-state index contributed by atoms with van der Waals surface area (Å²) in [5, 5.41) is 0. The largest absolute Gasteiger partial charge is 0.469 e. The molecule has 1 aliphatic carbocycles. The van der Waals surface area contributed by atoms with E-state index >= 15 is 0 Å². The Bertz CT molecular complexity index is 838. The Kier molecular flexibility index (Phi) is 3.90. The zero-order valence-corrected chi connectivity index (χ0v) is 14.3. The van der Waals surface area contributed by atoms with E-state index in [9.17, 15) is 9.59 Å². The summed E-state index contributed by atoms with van der Waals surface area (Å²) in [6.45, 7) is 1.00. The number of aromatic nitrogens is 2. The predicted octanol–water partition coefficient (Wildman–Crippen LogP) is 2.44. The van der Waals surface area contributed by atoms with E-state index < -0.39 is 5.41 Å². The average molecular weight is 339 g/mol. The van der Waals surface area contributed by atoms with E-state index in [1.54, 1.807) is 4.90 Å². The molecular formula is C19H21N3O3. The smallest absolute Gasteiger partial charge is 0.313 e. The number of ether oxygens (including phenoxy) is 1. The molecule has 2 fully saturated rings. The first kappa shape index (κ1) is 16.0. The van der Waals surface area contributed by atoms with E-state index in [-0.39, 0.29) is 17.8 Å². The zero-order valence-electron chi connectivity index (χ0n) is 14.3. The number of carbonyl (C=O) groups excluding carboxylic acids is 2. The van der Waals surface area contributed by atoms with Gasteiger partial charge < -0.3 is 9.64 Å². The molecule has 2 heterocycles. The van der Waals surface area contributed by atoms with Gasteiger partial charge in [0.05, 0.1) is 29.8 Å². The molecule has 25 heavy (non-hydrogen) atoms. The molecule has 6 heteroatoms. The van der Waals surface area contributed by atoms with Crippen LogP contribution in [0.1, 0.15) is 36.2 Å². The number of benzene rings is 1. The SMILES string of the molecule is COC(=O)[C@@]12CCCC[C@@H]1CN(C(=O)c1cnc3ccccc3n1)C2. The Morgan fingerprint density at radius 2 is 2.04 bits per heavy atom. The minimum Gasteiger partial charge on any atom is -0.469 e. The van der Waals surface area contributed by atoms with Gasteiger partial charge >= 0.3 is 5.97 Å². The number of hydrogen-bond acceptors (Lipinski definition) is 5. The molecule has 1 aromatic carbocycles. The maximum atomic E-state index is 13.0. The van der Waals surface area contributed by atoms with Crippen LogP contribution in [0.3, 0.4) is 0 Å². The molecular weight excluding hydrogens is 318 g/mol. The first-order chi connectivity index (χ1) is 12.1. The summed E-state index contributed by atoms with van der Waals surface area (Å²) >= 11 is 0. The standard InChI is InChI=1S/C19H21N3O3/c1-25-18(24)19-9-5-4-6-13(19)11-22(12-19)17(23)16-10-20-14-7-2-3-8-15(14)21-16/h2-3,7-8,10,13H,4-6,9,11-12H2,1H3/t13-,19-/m1/s1. The van der Waals surface area contributed by atoms with E-state index in [1.165, 1.54) is 13.3 Å². The van der Waals surface area contributed by atoms with Gasteiger partial charge in [0.2, 0.25) is 0 Å². The summed E-state index contributed by atoms with van der Waals surface area (Å²) in [5.41, 5.74) is 1.25. The van der Waals surface area contributed by atoms with Crippen LogP contribution < -0.4 is 0 Å². The van der Waals surface area contributed by atoms with Crippen LogP contribution in [0, 0.1) is 11.3 Å². The zero-order chi connectivity index (χ0) is 17.4. The molecule has 0 radical (unpaired) electrons. The van der Waals surface area contributed by atoms with Crippen LogP contribution in [0.2, 0.25) is 0 Å². The van der Waals surface area contributed by atoms with Crippen LogP contribution >= 0.6 is 0 Å². The van der Waals surface area contributed by atoms with Gasteiger partial charge in [0.25, 0.3) is 5.91 Å². The highest BCUT2D eigenvalue weighted by molar-refractivity contribution is 5.94. The maximum absolute atomic E-state index is 13.0. The van der Waals surface area contributed by atoms with Crippen LogP contribution in [-0.4, -0.2) is 46.9 Å². The molecule has 1 aromatic heterocycles. The Morgan fingerprint density at radius 3 is 2.84 bits per heavy atom. The highest BCUT2D eigenvalue weighted by Gasteiger charge is 2.54. The summed E-state index contributed by atoms with van der Waals surface area (Å²) in [5.74, 6) is -0.168. The van der Waals surface area contributed by atoms with Crippen molar-refractivity contribution in [3.63, 3.8) is 0 Å². The van der Waals surface area contributed by atoms with Crippen molar-refractivity contribution in [2.75, 3.05) is 20.2 Å². The fraction of sp³-hybridized carbons (Fsp3) is 0.474. The second-order valence-electron chi connectivity index (χ2n) is 7.02. The number of likely N-dealkylation sites (tertiary alicyclic amines) is 1. The molecule has 2 aliphatic rings. The Morgan fingerprint density at radius 1 is 1.24 bits per heavy atom. The number of hydrogen-bond donors (Lipinski definition) is 0. The fourth-order valence-electron chi connectivity index (χ4n) is 4.37. The molecule has 6 nitrogen and oxygen atoms in total. The van der Waals surface area contributed by atoms with E-state index in [1.807, 2.05) is 24.3 Å². The lowest BCUT2D eigenvalue weighted by atomic mass is 9.68. The van der Waals surface area contributed by atoms with Gasteiger partial charge in [-0.15, -0.1) is 0 Å². The summed E-state index contributed by atoms with van der Waals surface area (Å²) in [6.07, 6.45) is 5.38. The highest BCUT2D eigenvalue weighted by atomic mass is 16.5. The first-order valence-corrected chi connectivity index (χ1v) is 8.73. The van der Waals surface area contributed by atoms with Crippen molar-refractivity contribution in [2.45, 2.75) is 25.7 Å². The minimum atomic E-state index is -0.549. The maximum Gasteiger partial charge on any atom is 0.313 e. The number of rotatable bonds is 2. The van der Waals surface area contributed by atoms with E-state index in [0.29, 0.717) is 24.3 Å². The monoisotopic (exact) mass is 339 g/mol. The van der Waals surface area contributed by atoms with E-state index in [2.05, 4.69) is 9.97 Å². The molecule has 130 valence electrons. The number of carbonyl (C=O) groups is 2. The summed E-state index contributed by atoms with van der Waals surface area (Å²) in [7, 11) is 1.43. The molecule has 1 aliphatic heterocycles. The molecule has 0 bridgehead atoms. The molecule has 2 atom stereocenters. The van der Waals surface area contributed by atoms with Crippen molar-refractivity contribution >= 4 is 22.9 Å². The molecule has 0 unspecified atom stereocenters. The molecule has 4 rings (SSSR count). The van der Waals surface area contributed by atoms with E-state index in [0.717, 1.165) is 31.2 Å². The van der Waals surface area contributed by atoms with Crippen LogP contribution in [-0.2, 0) is 9.53 Å². The third kappa shape index (κ3) is 2.56. The molecule has 2 aromatic rings. The highest BCUT2D eigenvalue weighted by Crippen LogP contribution is 2.47. The van der Waals surface area contributed by atoms with Gasteiger partial charge in [-0.3, -0.25) is 14.6 Å². The van der Waals surface area contributed by atoms with Crippen LogP contribution in [0.15, 0.2) is 30.5 Å². The van der Waals surface area contributed by atoms with Gasteiger partial charge in [0.15, 0.2) is 0 Å². The molecule has 0 N–H and O–H groups in total. The third-order valence-electron chi connectivity index (χ3n) is 5.67. The van der Waals surface area contributed by atoms with Crippen molar-refractivity contribution in [3.8, 4) is 0 Å². The molecule has 1 saturated carbocycles. The van der Waals surface area contributed by atoms with Crippen LogP contribution in [0.4, 0.5) is 0 Å². The predicted molar refractivity (Wildman–Crippen MR) is 91.8 cm³/mol. The molecule has 1 amide bonds. The lowest BCUT2D eigenvalue weighted by Gasteiger charge is -2.35. The summed E-state index contributed by atoms with van der Waals surface area (Å²) in [6, 6.07) is 7.48. The Hall–Kier alpha value is -2.50. The number of para-hydroxylation sites is 2. The lowest BCUT2D eigenvalue weighted by Crippen LogP contribution is -2.42. The minimum absolute atomic E-state index is 0.157. The number of methoxy groups -OCH3 is 1. The van der Waals surface area contributed by atoms with Crippen molar-refractivity contribution in [2.24, 2.45) is 11.3 Å². The number of esters is 1. The van der Waals surface area contributed by atoms with Gasteiger partial charge in [0.1, 0.15) is 5.69 Å².